The molecule has 0 saturated heterocycles. The quantitative estimate of drug-likeness (QED) is 0.827. The van der Waals surface area contributed by atoms with Gasteiger partial charge in [0, 0.05) is 11.6 Å². The highest BCUT2D eigenvalue weighted by molar-refractivity contribution is 5.68. The topological polar surface area (TPSA) is 18.5 Å². The summed E-state index contributed by atoms with van der Waals surface area (Å²) in [7, 11) is 3.00. The molecule has 0 bridgehead atoms. The standard InChI is InChI=1S/C14H12F2O2/c1-17-11-5-9(6-12(8-11)18-2)13-7-10(15)3-4-14(13)16/h3-8H,1-2H3. The zero-order chi connectivity index (χ0) is 13.1. The van der Waals surface area contributed by atoms with Gasteiger partial charge in [-0.2, -0.15) is 0 Å². The second-order valence-electron chi connectivity index (χ2n) is 3.73. The van der Waals surface area contributed by atoms with Crippen molar-refractivity contribution in [2.45, 2.75) is 0 Å². The van der Waals surface area contributed by atoms with E-state index in [0.717, 1.165) is 18.2 Å². The summed E-state index contributed by atoms with van der Waals surface area (Å²) in [4.78, 5) is 0. The molecule has 0 atom stereocenters. The zero-order valence-electron chi connectivity index (χ0n) is 10.0. The van der Waals surface area contributed by atoms with E-state index in [1.807, 2.05) is 0 Å². The van der Waals surface area contributed by atoms with E-state index >= 15 is 0 Å². The molecule has 0 aliphatic carbocycles. The Morgan fingerprint density at radius 1 is 0.833 bits per heavy atom. The molecule has 4 heteroatoms. The second-order valence-corrected chi connectivity index (χ2v) is 3.73. The molecule has 2 nitrogen and oxygen atoms in total. The Morgan fingerprint density at radius 3 is 2.00 bits per heavy atom. The third-order valence-corrected chi connectivity index (χ3v) is 2.59. The fraction of sp³-hybridized carbons (Fsp3) is 0.143. The number of halogens is 2. The minimum absolute atomic E-state index is 0.173. The van der Waals surface area contributed by atoms with Crippen LogP contribution in [0.3, 0.4) is 0 Å². The monoisotopic (exact) mass is 250 g/mol. The van der Waals surface area contributed by atoms with Gasteiger partial charge in [-0.25, -0.2) is 8.78 Å². The lowest BCUT2D eigenvalue weighted by molar-refractivity contribution is 0.394. The summed E-state index contributed by atoms with van der Waals surface area (Å²) in [5, 5.41) is 0. The molecule has 94 valence electrons. The molecular weight excluding hydrogens is 238 g/mol. The van der Waals surface area contributed by atoms with Crippen molar-refractivity contribution in [3.05, 3.63) is 48.0 Å². The average molecular weight is 250 g/mol. The van der Waals surface area contributed by atoms with Crippen molar-refractivity contribution in [3.8, 4) is 22.6 Å². The molecule has 18 heavy (non-hydrogen) atoms. The van der Waals surface area contributed by atoms with Crippen LogP contribution in [0.15, 0.2) is 36.4 Å². The maximum Gasteiger partial charge on any atom is 0.131 e. The van der Waals surface area contributed by atoms with Crippen molar-refractivity contribution in [2.24, 2.45) is 0 Å². The number of methoxy groups -OCH3 is 2. The highest BCUT2D eigenvalue weighted by atomic mass is 19.1. The van der Waals surface area contributed by atoms with Gasteiger partial charge in [0.15, 0.2) is 0 Å². The van der Waals surface area contributed by atoms with Crippen LogP contribution in [0.2, 0.25) is 0 Å². The van der Waals surface area contributed by atoms with Crippen molar-refractivity contribution in [2.75, 3.05) is 14.2 Å². The van der Waals surface area contributed by atoms with Gasteiger partial charge in [0.2, 0.25) is 0 Å². The molecule has 2 aromatic rings. The lowest BCUT2D eigenvalue weighted by Gasteiger charge is -2.09. The van der Waals surface area contributed by atoms with E-state index in [-0.39, 0.29) is 5.56 Å². The molecule has 0 spiro atoms. The molecule has 0 unspecified atom stereocenters. The van der Waals surface area contributed by atoms with E-state index in [1.165, 1.54) is 14.2 Å². The zero-order valence-corrected chi connectivity index (χ0v) is 10.0. The van der Waals surface area contributed by atoms with Gasteiger partial charge in [0.05, 0.1) is 14.2 Å². The summed E-state index contributed by atoms with van der Waals surface area (Å²) in [5.41, 5.74) is 0.676. The Morgan fingerprint density at radius 2 is 1.44 bits per heavy atom. The normalized spacial score (nSPS) is 10.2. The van der Waals surface area contributed by atoms with Crippen molar-refractivity contribution < 1.29 is 18.3 Å². The van der Waals surface area contributed by atoms with Crippen LogP contribution in [0.4, 0.5) is 8.78 Å². The van der Waals surface area contributed by atoms with Crippen molar-refractivity contribution >= 4 is 0 Å². The molecule has 2 rings (SSSR count). The van der Waals surface area contributed by atoms with Gasteiger partial charge >= 0.3 is 0 Å². The molecule has 0 N–H and O–H groups in total. The van der Waals surface area contributed by atoms with E-state index in [1.54, 1.807) is 18.2 Å². The first-order chi connectivity index (χ1) is 8.63. The first-order valence-electron chi connectivity index (χ1n) is 5.32. The fourth-order valence-electron chi connectivity index (χ4n) is 1.68. The highest BCUT2D eigenvalue weighted by Crippen LogP contribution is 2.31. The molecule has 0 heterocycles. The van der Waals surface area contributed by atoms with Gasteiger partial charge in [-0.1, -0.05) is 0 Å². The van der Waals surface area contributed by atoms with E-state index in [9.17, 15) is 8.78 Å². The molecular formula is C14H12F2O2. The SMILES string of the molecule is COc1cc(OC)cc(-c2cc(F)ccc2F)c1. The van der Waals surface area contributed by atoms with Crippen LogP contribution < -0.4 is 9.47 Å². The van der Waals surface area contributed by atoms with Gasteiger partial charge in [-0.3, -0.25) is 0 Å². The third kappa shape index (κ3) is 2.42. The number of rotatable bonds is 3. The van der Waals surface area contributed by atoms with Crippen LogP contribution >= 0.6 is 0 Å². The van der Waals surface area contributed by atoms with Crippen LogP contribution in [0, 0.1) is 11.6 Å². The average Bonchev–Trinajstić information content (AvgIpc) is 2.40. The largest absolute Gasteiger partial charge is 0.497 e. The van der Waals surface area contributed by atoms with E-state index in [0.29, 0.717) is 17.1 Å². The van der Waals surface area contributed by atoms with E-state index in [4.69, 9.17) is 9.47 Å². The van der Waals surface area contributed by atoms with Crippen LogP contribution in [0.1, 0.15) is 0 Å². The Balaban J connectivity index is 2.58. The molecule has 0 amide bonds. The molecule has 0 saturated carbocycles. The Hall–Kier alpha value is -2.10. The van der Waals surface area contributed by atoms with Gasteiger partial charge in [-0.05, 0) is 35.9 Å². The maximum absolute atomic E-state index is 13.7. The minimum Gasteiger partial charge on any atom is -0.497 e. The van der Waals surface area contributed by atoms with Crippen molar-refractivity contribution in [3.63, 3.8) is 0 Å². The number of hydrogen-bond donors (Lipinski definition) is 0. The fourth-order valence-corrected chi connectivity index (χ4v) is 1.68. The van der Waals surface area contributed by atoms with E-state index < -0.39 is 11.6 Å². The summed E-state index contributed by atoms with van der Waals surface area (Å²) < 4.78 is 37.0. The van der Waals surface area contributed by atoms with Gasteiger partial charge in [-0.15, -0.1) is 0 Å². The molecule has 0 fully saturated rings. The van der Waals surface area contributed by atoms with Gasteiger partial charge in [0.25, 0.3) is 0 Å². The van der Waals surface area contributed by atoms with Gasteiger partial charge < -0.3 is 9.47 Å². The second kappa shape index (κ2) is 5.04. The molecule has 0 aliphatic heterocycles. The first kappa shape index (κ1) is 12.4. The maximum atomic E-state index is 13.7. The lowest BCUT2D eigenvalue weighted by Crippen LogP contribution is -1.91. The summed E-state index contributed by atoms with van der Waals surface area (Å²) in [6.45, 7) is 0. The van der Waals surface area contributed by atoms with Crippen LogP contribution in [0.5, 0.6) is 11.5 Å². The third-order valence-electron chi connectivity index (χ3n) is 2.59. The van der Waals surface area contributed by atoms with Crippen molar-refractivity contribution in [1.29, 1.82) is 0 Å². The number of hydrogen-bond acceptors (Lipinski definition) is 2. The summed E-state index contributed by atoms with van der Waals surface area (Å²) in [5.74, 6) is 0.0564. The predicted octanol–water partition coefficient (Wildman–Crippen LogP) is 3.65. The Kier molecular flexibility index (Phi) is 3.46. The van der Waals surface area contributed by atoms with Crippen LogP contribution in [-0.4, -0.2) is 14.2 Å². The van der Waals surface area contributed by atoms with Crippen LogP contribution in [0.25, 0.3) is 11.1 Å². The van der Waals surface area contributed by atoms with E-state index in [2.05, 4.69) is 0 Å². The molecule has 0 aromatic heterocycles. The number of benzene rings is 2. The lowest BCUT2D eigenvalue weighted by atomic mass is 10.0. The molecule has 0 radical (unpaired) electrons. The Bertz CT molecular complexity index is 545. The molecule has 0 aliphatic rings. The number of ether oxygens (including phenoxy) is 2. The van der Waals surface area contributed by atoms with Gasteiger partial charge in [0.1, 0.15) is 23.1 Å². The summed E-state index contributed by atoms with van der Waals surface area (Å²) in [6.07, 6.45) is 0. The first-order valence-corrected chi connectivity index (χ1v) is 5.32. The Labute approximate surface area is 104 Å². The highest BCUT2D eigenvalue weighted by Gasteiger charge is 2.09. The smallest absolute Gasteiger partial charge is 0.131 e. The summed E-state index contributed by atoms with van der Waals surface area (Å²) in [6, 6.07) is 8.23. The summed E-state index contributed by atoms with van der Waals surface area (Å²) >= 11 is 0. The predicted molar refractivity (Wildman–Crippen MR) is 64.9 cm³/mol. The molecule has 2 aromatic carbocycles. The minimum atomic E-state index is -0.494. The van der Waals surface area contributed by atoms with Crippen molar-refractivity contribution in [1.82, 2.24) is 0 Å². The van der Waals surface area contributed by atoms with Crippen LogP contribution in [-0.2, 0) is 0 Å².